The minimum absolute atomic E-state index is 0.340. The molecule has 98 valence electrons. The number of nitrogens with zero attached hydrogens (tertiary/aromatic N) is 1. The van der Waals surface area contributed by atoms with Crippen LogP contribution in [0.15, 0.2) is 42.5 Å². The lowest BCUT2D eigenvalue weighted by Crippen LogP contribution is -2.31. The number of carbonyl (C=O) groups excluding carboxylic acids is 1. The fourth-order valence-electron chi connectivity index (χ4n) is 1.64. The fourth-order valence-corrected chi connectivity index (χ4v) is 2.12. The minimum atomic E-state index is -0.638. The zero-order valence-corrected chi connectivity index (χ0v) is 11.9. The standard InChI is InChI=1S/C13H9Cl3N2O/c14-8-2-1-3-9(6-8)18(13(17)19)10-4-5-11(15)12(16)7-10/h1-7H,(H2,17,19). The van der Waals surface area contributed by atoms with Gasteiger partial charge >= 0.3 is 6.03 Å². The van der Waals surface area contributed by atoms with E-state index in [2.05, 4.69) is 0 Å². The van der Waals surface area contributed by atoms with E-state index in [1.165, 1.54) is 4.90 Å². The number of carbonyl (C=O) groups is 1. The van der Waals surface area contributed by atoms with E-state index in [4.69, 9.17) is 40.5 Å². The van der Waals surface area contributed by atoms with Crippen molar-refractivity contribution < 1.29 is 4.79 Å². The Hall–Kier alpha value is -1.42. The quantitative estimate of drug-likeness (QED) is 0.845. The number of benzene rings is 2. The molecule has 0 atom stereocenters. The molecule has 0 heterocycles. The van der Waals surface area contributed by atoms with Gasteiger partial charge in [0.25, 0.3) is 0 Å². The van der Waals surface area contributed by atoms with Crippen molar-refractivity contribution in [2.75, 3.05) is 4.90 Å². The Morgan fingerprint density at radius 1 is 0.947 bits per heavy atom. The molecule has 0 saturated carbocycles. The zero-order valence-electron chi connectivity index (χ0n) is 9.61. The minimum Gasteiger partial charge on any atom is -0.351 e. The van der Waals surface area contributed by atoms with Crippen molar-refractivity contribution in [3.63, 3.8) is 0 Å². The summed E-state index contributed by atoms with van der Waals surface area (Å²) in [6.07, 6.45) is 0. The first-order valence-electron chi connectivity index (χ1n) is 5.29. The van der Waals surface area contributed by atoms with Gasteiger partial charge < -0.3 is 5.73 Å². The van der Waals surface area contributed by atoms with Crippen molar-refractivity contribution in [3.8, 4) is 0 Å². The molecule has 2 amide bonds. The van der Waals surface area contributed by atoms with Crippen LogP contribution in [0, 0.1) is 0 Å². The molecule has 3 nitrogen and oxygen atoms in total. The average molecular weight is 316 g/mol. The molecule has 0 aromatic heterocycles. The number of urea groups is 1. The van der Waals surface area contributed by atoms with Gasteiger partial charge in [0.05, 0.1) is 21.4 Å². The molecular formula is C13H9Cl3N2O. The monoisotopic (exact) mass is 314 g/mol. The van der Waals surface area contributed by atoms with Crippen molar-refractivity contribution in [2.45, 2.75) is 0 Å². The smallest absolute Gasteiger partial charge is 0.323 e. The van der Waals surface area contributed by atoms with E-state index >= 15 is 0 Å². The lowest BCUT2D eigenvalue weighted by Gasteiger charge is -2.21. The molecule has 0 unspecified atom stereocenters. The summed E-state index contributed by atoms with van der Waals surface area (Å²) >= 11 is 17.7. The Bertz CT molecular complexity index is 631. The topological polar surface area (TPSA) is 46.3 Å². The molecule has 0 radical (unpaired) electrons. The van der Waals surface area contributed by atoms with Gasteiger partial charge in [0.15, 0.2) is 0 Å². The maximum absolute atomic E-state index is 11.6. The van der Waals surface area contributed by atoms with Crippen molar-refractivity contribution >= 4 is 52.2 Å². The van der Waals surface area contributed by atoms with Gasteiger partial charge in [0.1, 0.15) is 0 Å². The predicted molar refractivity (Wildman–Crippen MR) is 79.6 cm³/mol. The summed E-state index contributed by atoms with van der Waals surface area (Å²) in [5.41, 5.74) is 6.48. The predicted octanol–water partition coefficient (Wildman–Crippen LogP) is 4.86. The molecule has 2 rings (SSSR count). The number of hydrogen-bond acceptors (Lipinski definition) is 1. The summed E-state index contributed by atoms with van der Waals surface area (Å²) in [4.78, 5) is 12.9. The first kappa shape index (κ1) is 14.0. The molecule has 2 aromatic carbocycles. The van der Waals surface area contributed by atoms with Gasteiger partial charge in [-0.25, -0.2) is 4.79 Å². The third-order valence-electron chi connectivity index (χ3n) is 2.45. The lowest BCUT2D eigenvalue weighted by atomic mass is 10.2. The van der Waals surface area contributed by atoms with Crippen LogP contribution in [0.4, 0.5) is 16.2 Å². The fraction of sp³-hybridized carbons (Fsp3) is 0. The van der Waals surface area contributed by atoms with Crippen LogP contribution in [0.1, 0.15) is 0 Å². The van der Waals surface area contributed by atoms with Crippen LogP contribution in [0.25, 0.3) is 0 Å². The number of rotatable bonds is 2. The first-order valence-corrected chi connectivity index (χ1v) is 6.42. The molecule has 0 saturated heterocycles. The van der Waals surface area contributed by atoms with Crippen LogP contribution in [0.3, 0.4) is 0 Å². The molecule has 2 N–H and O–H groups in total. The van der Waals surface area contributed by atoms with E-state index in [0.717, 1.165) is 0 Å². The number of primary amides is 1. The van der Waals surface area contributed by atoms with Gasteiger partial charge in [-0.3, -0.25) is 4.90 Å². The summed E-state index contributed by atoms with van der Waals surface area (Å²) in [6.45, 7) is 0. The molecule has 19 heavy (non-hydrogen) atoms. The molecule has 0 spiro atoms. The maximum Gasteiger partial charge on any atom is 0.323 e. The molecule has 0 aliphatic carbocycles. The molecular weight excluding hydrogens is 307 g/mol. The van der Waals surface area contributed by atoms with Gasteiger partial charge in [-0.05, 0) is 36.4 Å². The van der Waals surface area contributed by atoms with Crippen molar-refractivity contribution in [1.82, 2.24) is 0 Å². The van der Waals surface area contributed by atoms with Gasteiger partial charge in [-0.15, -0.1) is 0 Å². The second kappa shape index (κ2) is 5.70. The van der Waals surface area contributed by atoms with E-state index in [-0.39, 0.29) is 0 Å². The van der Waals surface area contributed by atoms with Crippen molar-refractivity contribution in [3.05, 3.63) is 57.5 Å². The highest BCUT2D eigenvalue weighted by Crippen LogP contribution is 2.32. The highest BCUT2D eigenvalue weighted by molar-refractivity contribution is 6.42. The second-order valence-electron chi connectivity index (χ2n) is 3.75. The lowest BCUT2D eigenvalue weighted by molar-refractivity contribution is 0.256. The molecule has 0 aliphatic heterocycles. The van der Waals surface area contributed by atoms with Gasteiger partial charge in [-0.1, -0.05) is 40.9 Å². The molecule has 2 aromatic rings. The summed E-state index contributed by atoms with van der Waals surface area (Å²) in [6, 6.07) is 11.0. The molecule has 0 bridgehead atoms. The van der Waals surface area contributed by atoms with E-state index in [1.807, 2.05) is 0 Å². The number of amides is 2. The Morgan fingerprint density at radius 2 is 1.63 bits per heavy atom. The maximum atomic E-state index is 11.6. The van der Waals surface area contributed by atoms with Crippen LogP contribution >= 0.6 is 34.8 Å². The number of anilines is 2. The van der Waals surface area contributed by atoms with Crippen molar-refractivity contribution in [1.29, 1.82) is 0 Å². The van der Waals surface area contributed by atoms with E-state index < -0.39 is 6.03 Å². The third kappa shape index (κ3) is 3.13. The number of hydrogen-bond donors (Lipinski definition) is 1. The molecule has 0 aliphatic rings. The van der Waals surface area contributed by atoms with Crippen LogP contribution in [0.2, 0.25) is 15.1 Å². The summed E-state index contributed by atoms with van der Waals surface area (Å²) < 4.78 is 0. The largest absolute Gasteiger partial charge is 0.351 e. The van der Waals surface area contributed by atoms with Gasteiger partial charge in [-0.2, -0.15) is 0 Å². The van der Waals surface area contributed by atoms with Crippen LogP contribution in [-0.2, 0) is 0 Å². The zero-order chi connectivity index (χ0) is 14.0. The summed E-state index contributed by atoms with van der Waals surface area (Å²) in [5.74, 6) is 0. The van der Waals surface area contributed by atoms with E-state index in [1.54, 1.807) is 42.5 Å². The normalized spacial score (nSPS) is 10.3. The second-order valence-corrected chi connectivity index (χ2v) is 5.00. The van der Waals surface area contributed by atoms with E-state index in [9.17, 15) is 4.79 Å². The number of nitrogens with two attached hydrogens (primary N) is 1. The van der Waals surface area contributed by atoms with Crippen LogP contribution in [-0.4, -0.2) is 6.03 Å². The highest BCUT2D eigenvalue weighted by atomic mass is 35.5. The van der Waals surface area contributed by atoms with E-state index in [0.29, 0.717) is 26.4 Å². The average Bonchev–Trinajstić information content (AvgIpc) is 2.33. The Balaban J connectivity index is 2.51. The summed E-state index contributed by atoms with van der Waals surface area (Å²) in [5, 5.41) is 1.25. The van der Waals surface area contributed by atoms with Crippen LogP contribution < -0.4 is 10.6 Å². The van der Waals surface area contributed by atoms with Crippen molar-refractivity contribution in [2.24, 2.45) is 5.73 Å². The SMILES string of the molecule is NC(=O)N(c1cccc(Cl)c1)c1ccc(Cl)c(Cl)c1. The van der Waals surface area contributed by atoms with Gasteiger partial charge in [0, 0.05) is 5.02 Å². The third-order valence-corrected chi connectivity index (χ3v) is 3.42. The Labute approximate surface area is 125 Å². The first-order chi connectivity index (χ1) is 8.99. The highest BCUT2D eigenvalue weighted by Gasteiger charge is 2.16. The summed E-state index contributed by atoms with van der Waals surface area (Å²) in [7, 11) is 0. The Morgan fingerprint density at radius 3 is 2.21 bits per heavy atom. The number of halogens is 3. The molecule has 0 fully saturated rings. The van der Waals surface area contributed by atoms with Crippen LogP contribution in [0.5, 0.6) is 0 Å². The van der Waals surface area contributed by atoms with Gasteiger partial charge in [0.2, 0.25) is 0 Å². The Kier molecular flexibility index (Phi) is 4.20. The molecule has 6 heteroatoms.